The number of methoxy groups -OCH3 is 3. The number of benzene rings is 1. The average Bonchev–Trinajstić information content (AvgIpc) is 2.51. The van der Waals surface area contributed by atoms with Gasteiger partial charge in [0.25, 0.3) is 0 Å². The monoisotopic (exact) mass is 330 g/mol. The minimum absolute atomic E-state index is 0.0648. The van der Waals surface area contributed by atoms with Crippen LogP contribution >= 0.6 is 11.8 Å². The number of esters is 1. The number of hydrogen-bond acceptors (Lipinski definition) is 8. The number of rotatable bonds is 6. The van der Waals surface area contributed by atoms with Gasteiger partial charge in [0.05, 0.1) is 27.4 Å². The summed E-state index contributed by atoms with van der Waals surface area (Å²) in [5.74, 6) is -0.803. The molecule has 7 nitrogen and oxygen atoms in total. The lowest BCUT2D eigenvalue weighted by Crippen LogP contribution is -2.31. The summed E-state index contributed by atoms with van der Waals surface area (Å²) in [4.78, 5) is 23.9. The minimum atomic E-state index is -1.07. The van der Waals surface area contributed by atoms with Crippen LogP contribution in [0.2, 0.25) is 0 Å². The number of hydrogen-bond donors (Lipinski definition) is 2. The molecular formula is C14H18O7S. The van der Waals surface area contributed by atoms with Crippen molar-refractivity contribution < 1.29 is 34.0 Å². The third-order valence-electron chi connectivity index (χ3n) is 2.82. The molecule has 1 rings (SSSR count). The van der Waals surface area contributed by atoms with Crippen molar-refractivity contribution in [2.75, 3.05) is 21.3 Å². The van der Waals surface area contributed by atoms with Gasteiger partial charge in [0, 0.05) is 5.56 Å². The lowest BCUT2D eigenvalue weighted by molar-refractivity contribution is -0.141. The fraction of sp³-hybridized carbons (Fsp3) is 0.429. The first kappa shape index (κ1) is 18.1. The molecular weight excluding hydrogens is 312 g/mol. The van der Waals surface area contributed by atoms with E-state index in [4.69, 9.17) is 9.47 Å². The van der Waals surface area contributed by atoms with E-state index in [0.717, 1.165) is 0 Å². The van der Waals surface area contributed by atoms with Gasteiger partial charge >= 0.3 is 5.97 Å². The number of carbonyl (C=O) groups is 2. The molecule has 0 fully saturated rings. The second kappa shape index (κ2) is 7.90. The third kappa shape index (κ3) is 4.05. The van der Waals surface area contributed by atoms with E-state index in [1.165, 1.54) is 40.4 Å². The lowest BCUT2D eigenvalue weighted by atomic mass is 10.2. The molecule has 2 unspecified atom stereocenters. The Labute approximate surface area is 132 Å². The number of phenols is 1. The fourth-order valence-corrected chi connectivity index (χ4v) is 2.53. The van der Waals surface area contributed by atoms with Crippen LogP contribution in [0.5, 0.6) is 17.2 Å². The van der Waals surface area contributed by atoms with Crippen LogP contribution in [0, 0.1) is 0 Å². The highest BCUT2D eigenvalue weighted by Gasteiger charge is 2.29. The van der Waals surface area contributed by atoms with Crippen LogP contribution in [0.1, 0.15) is 17.3 Å². The predicted molar refractivity (Wildman–Crippen MR) is 80.6 cm³/mol. The molecule has 0 amide bonds. The van der Waals surface area contributed by atoms with Gasteiger partial charge in [-0.15, -0.1) is 0 Å². The van der Waals surface area contributed by atoms with Gasteiger partial charge in [-0.3, -0.25) is 9.59 Å². The van der Waals surface area contributed by atoms with E-state index in [1.54, 1.807) is 0 Å². The van der Waals surface area contributed by atoms with Gasteiger partial charge in [-0.05, 0) is 19.1 Å². The first-order valence-corrected chi connectivity index (χ1v) is 7.15. The number of aliphatic hydroxyl groups excluding tert-OH is 1. The Morgan fingerprint density at radius 3 is 2.00 bits per heavy atom. The second-order valence-electron chi connectivity index (χ2n) is 4.32. The molecule has 0 radical (unpaired) electrons. The molecule has 1 aromatic carbocycles. The summed E-state index contributed by atoms with van der Waals surface area (Å²) in [5.41, 5.74) is 0.158. The number of thioether (sulfide) groups is 1. The maximum atomic E-state index is 12.3. The lowest BCUT2D eigenvalue weighted by Gasteiger charge is -2.16. The molecule has 0 spiro atoms. The van der Waals surface area contributed by atoms with Crippen LogP contribution in [0.4, 0.5) is 0 Å². The quantitative estimate of drug-likeness (QED) is 0.750. The maximum absolute atomic E-state index is 12.3. The van der Waals surface area contributed by atoms with E-state index in [0.29, 0.717) is 11.8 Å². The average molecular weight is 330 g/mol. The molecule has 0 heterocycles. The van der Waals surface area contributed by atoms with Gasteiger partial charge in [-0.2, -0.15) is 0 Å². The van der Waals surface area contributed by atoms with Crippen molar-refractivity contribution in [3.05, 3.63) is 17.7 Å². The van der Waals surface area contributed by atoms with Crippen molar-refractivity contribution in [2.45, 2.75) is 18.3 Å². The van der Waals surface area contributed by atoms with Crippen molar-refractivity contribution in [3.63, 3.8) is 0 Å². The molecule has 22 heavy (non-hydrogen) atoms. The van der Waals surface area contributed by atoms with Gasteiger partial charge in [0.1, 0.15) is 5.25 Å². The highest BCUT2D eigenvalue weighted by atomic mass is 32.2. The molecule has 1 aromatic rings. The Hall–Kier alpha value is -1.93. The van der Waals surface area contributed by atoms with Crippen molar-refractivity contribution in [3.8, 4) is 17.2 Å². The molecule has 0 aliphatic carbocycles. The maximum Gasteiger partial charge on any atom is 0.321 e. The van der Waals surface area contributed by atoms with Crippen molar-refractivity contribution >= 4 is 22.8 Å². The second-order valence-corrected chi connectivity index (χ2v) is 5.43. The predicted octanol–water partition coefficient (Wildman–Crippen LogP) is 1.21. The van der Waals surface area contributed by atoms with E-state index >= 15 is 0 Å². The fourth-order valence-electron chi connectivity index (χ4n) is 1.65. The normalized spacial score (nSPS) is 13.1. The van der Waals surface area contributed by atoms with Crippen LogP contribution in [0.15, 0.2) is 12.1 Å². The van der Waals surface area contributed by atoms with Gasteiger partial charge in [-0.25, -0.2) is 0 Å². The van der Waals surface area contributed by atoms with Gasteiger partial charge < -0.3 is 24.4 Å². The highest BCUT2D eigenvalue weighted by Crippen LogP contribution is 2.38. The highest BCUT2D eigenvalue weighted by molar-refractivity contribution is 8.15. The summed E-state index contributed by atoms with van der Waals surface area (Å²) in [7, 11) is 3.85. The molecule has 122 valence electrons. The van der Waals surface area contributed by atoms with E-state index in [2.05, 4.69) is 4.74 Å². The molecule has 0 bridgehead atoms. The Morgan fingerprint density at radius 1 is 1.14 bits per heavy atom. The van der Waals surface area contributed by atoms with E-state index in [1.807, 2.05) is 0 Å². The van der Waals surface area contributed by atoms with Crippen molar-refractivity contribution in [1.82, 2.24) is 0 Å². The van der Waals surface area contributed by atoms with Crippen LogP contribution < -0.4 is 9.47 Å². The largest absolute Gasteiger partial charge is 0.502 e. The Kier molecular flexibility index (Phi) is 6.51. The zero-order valence-corrected chi connectivity index (χ0v) is 13.5. The molecule has 0 saturated heterocycles. The summed E-state index contributed by atoms with van der Waals surface area (Å²) >= 11 is 0.627. The standard InChI is InChI=1S/C14H18O7S/c1-7(15)12(13(17)21-4)22-14(18)8-5-9(19-2)11(16)10(6-8)20-3/h5-7,12,15-16H,1-4H3. The Bertz CT molecular complexity index is 531. The van der Waals surface area contributed by atoms with Gasteiger partial charge in [0.15, 0.2) is 11.5 Å². The van der Waals surface area contributed by atoms with E-state index < -0.39 is 22.4 Å². The number of phenolic OH excluding ortho intramolecular Hbond substituents is 1. The number of ether oxygens (including phenoxy) is 3. The molecule has 0 aliphatic heterocycles. The first-order chi connectivity index (χ1) is 10.3. The van der Waals surface area contributed by atoms with Crippen molar-refractivity contribution in [1.29, 1.82) is 0 Å². The number of aromatic hydroxyl groups is 1. The number of aliphatic hydroxyl groups is 1. The molecule has 0 aromatic heterocycles. The summed E-state index contributed by atoms with van der Waals surface area (Å²) in [6.07, 6.45) is -1.07. The SMILES string of the molecule is COC(=O)C(SC(=O)c1cc(OC)c(O)c(OC)c1)C(C)O. The zero-order chi connectivity index (χ0) is 16.9. The van der Waals surface area contributed by atoms with Gasteiger partial charge in [-0.1, -0.05) is 11.8 Å². The topological polar surface area (TPSA) is 102 Å². The summed E-state index contributed by atoms with van der Waals surface area (Å²) in [5, 5.41) is 17.9. The molecule has 2 N–H and O–H groups in total. The van der Waals surface area contributed by atoms with Crippen LogP contribution in [0.25, 0.3) is 0 Å². The number of carbonyl (C=O) groups excluding carboxylic acids is 2. The smallest absolute Gasteiger partial charge is 0.321 e. The van der Waals surface area contributed by atoms with Gasteiger partial charge in [0.2, 0.25) is 10.9 Å². The van der Waals surface area contributed by atoms with Crippen LogP contribution in [-0.4, -0.2) is 54.0 Å². The molecule has 8 heteroatoms. The van der Waals surface area contributed by atoms with E-state index in [-0.39, 0.29) is 22.8 Å². The first-order valence-electron chi connectivity index (χ1n) is 6.27. The summed E-state index contributed by atoms with van der Waals surface area (Å²) in [6.45, 7) is 1.39. The molecule has 2 atom stereocenters. The Morgan fingerprint density at radius 2 is 1.64 bits per heavy atom. The van der Waals surface area contributed by atoms with Crippen LogP contribution in [-0.2, 0) is 9.53 Å². The minimum Gasteiger partial charge on any atom is -0.502 e. The third-order valence-corrected chi connectivity index (χ3v) is 4.11. The van der Waals surface area contributed by atoms with Crippen LogP contribution in [0.3, 0.4) is 0 Å². The molecule has 0 saturated carbocycles. The Balaban J connectivity index is 3.09. The molecule has 0 aliphatic rings. The van der Waals surface area contributed by atoms with Crippen molar-refractivity contribution in [2.24, 2.45) is 0 Å². The summed E-state index contributed by atoms with van der Waals surface area (Å²) in [6, 6.07) is 2.65. The summed E-state index contributed by atoms with van der Waals surface area (Å²) < 4.78 is 14.5. The zero-order valence-electron chi connectivity index (χ0n) is 12.7. The van der Waals surface area contributed by atoms with E-state index in [9.17, 15) is 19.8 Å².